The zero-order chi connectivity index (χ0) is 17.4. The maximum absolute atomic E-state index is 12.5. The number of hydrogen-bond acceptors (Lipinski definition) is 4. The van der Waals surface area contributed by atoms with Gasteiger partial charge in [-0.2, -0.15) is 5.10 Å². The van der Waals surface area contributed by atoms with Crippen LogP contribution in [0.5, 0.6) is 0 Å². The Kier molecular flexibility index (Phi) is 4.52. The lowest BCUT2D eigenvalue weighted by Crippen LogP contribution is -2.55. The maximum atomic E-state index is 12.5. The second-order valence-corrected chi connectivity index (χ2v) is 7.34. The van der Waals surface area contributed by atoms with Gasteiger partial charge in [0.1, 0.15) is 0 Å². The molecule has 1 aliphatic carbocycles. The number of ether oxygens (including phenoxy) is 1. The fourth-order valence-corrected chi connectivity index (χ4v) is 2.47. The Morgan fingerprint density at radius 3 is 2.43 bits per heavy atom. The summed E-state index contributed by atoms with van der Waals surface area (Å²) in [5.41, 5.74) is -0.451. The number of aromatic nitrogens is 2. The molecule has 0 unspecified atom stereocenters. The highest BCUT2D eigenvalue weighted by Crippen LogP contribution is 2.41. The minimum Gasteiger partial charge on any atom is -0.479 e. The number of nitrogens with one attached hydrogen (secondary N) is 1. The molecule has 1 aliphatic rings. The lowest BCUT2D eigenvalue weighted by atomic mass is 10.0. The van der Waals surface area contributed by atoms with E-state index in [4.69, 9.17) is 4.74 Å². The molecule has 0 saturated heterocycles. The standard InChI is InChI=1S/C16H25N3O4/c1-15(2,3)19-12(10-6-7-10)8-11(18-19)13(20)17-16(4,9-23-5)14(21)22/h8,10H,6-7,9H2,1-5H3,(H,17,20)(H,21,22)/t16-/m0/s1. The molecule has 1 atom stereocenters. The summed E-state index contributed by atoms with van der Waals surface area (Å²) >= 11 is 0. The van der Waals surface area contributed by atoms with Gasteiger partial charge in [0.05, 0.1) is 12.1 Å². The Morgan fingerprint density at radius 2 is 2.00 bits per heavy atom. The van der Waals surface area contributed by atoms with Crippen LogP contribution >= 0.6 is 0 Å². The normalized spacial score (nSPS) is 17.6. The summed E-state index contributed by atoms with van der Waals surface area (Å²) in [7, 11) is 1.40. The van der Waals surface area contributed by atoms with Gasteiger partial charge in [-0.25, -0.2) is 4.79 Å². The van der Waals surface area contributed by atoms with Crippen LogP contribution in [0.2, 0.25) is 0 Å². The molecule has 1 aromatic rings. The quantitative estimate of drug-likeness (QED) is 0.831. The van der Waals surface area contributed by atoms with Crippen LogP contribution in [-0.2, 0) is 15.1 Å². The molecule has 1 aromatic heterocycles. The Bertz CT molecular complexity index is 613. The molecule has 7 heteroatoms. The van der Waals surface area contributed by atoms with Gasteiger partial charge < -0.3 is 15.2 Å². The summed E-state index contributed by atoms with van der Waals surface area (Å²) in [4.78, 5) is 23.9. The van der Waals surface area contributed by atoms with E-state index in [0.717, 1.165) is 18.5 Å². The smallest absolute Gasteiger partial charge is 0.331 e. The molecular formula is C16H25N3O4. The highest BCUT2D eigenvalue weighted by atomic mass is 16.5. The fourth-order valence-electron chi connectivity index (χ4n) is 2.47. The lowest BCUT2D eigenvalue weighted by Gasteiger charge is -2.25. The van der Waals surface area contributed by atoms with Crippen molar-refractivity contribution in [3.05, 3.63) is 17.5 Å². The summed E-state index contributed by atoms with van der Waals surface area (Å²) in [6.07, 6.45) is 2.19. The Balaban J connectivity index is 2.28. The maximum Gasteiger partial charge on any atom is 0.331 e. The summed E-state index contributed by atoms with van der Waals surface area (Å²) in [6, 6.07) is 1.77. The first-order valence-corrected chi connectivity index (χ1v) is 7.74. The molecule has 0 spiro atoms. The van der Waals surface area contributed by atoms with E-state index < -0.39 is 17.4 Å². The van der Waals surface area contributed by atoms with Gasteiger partial charge in [-0.1, -0.05) is 0 Å². The molecule has 128 valence electrons. The van der Waals surface area contributed by atoms with Crippen LogP contribution in [0.1, 0.15) is 62.6 Å². The van der Waals surface area contributed by atoms with Crippen LogP contribution in [0.4, 0.5) is 0 Å². The number of nitrogens with zero attached hydrogens (tertiary/aromatic N) is 2. The molecule has 0 bridgehead atoms. The van der Waals surface area contributed by atoms with Gasteiger partial charge in [-0.3, -0.25) is 9.48 Å². The van der Waals surface area contributed by atoms with Gasteiger partial charge in [0.25, 0.3) is 5.91 Å². The number of amides is 1. The third-order valence-corrected chi connectivity index (χ3v) is 3.90. The molecule has 7 nitrogen and oxygen atoms in total. The van der Waals surface area contributed by atoms with Crippen molar-refractivity contribution in [2.24, 2.45) is 0 Å². The van der Waals surface area contributed by atoms with Crippen molar-refractivity contribution < 1.29 is 19.4 Å². The largest absolute Gasteiger partial charge is 0.479 e. The Morgan fingerprint density at radius 1 is 1.39 bits per heavy atom. The van der Waals surface area contributed by atoms with E-state index in [1.807, 2.05) is 25.5 Å². The first-order valence-electron chi connectivity index (χ1n) is 7.74. The zero-order valence-electron chi connectivity index (χ0n) is 14.3. The fraction of sp³-hybridized carbons (Fsp3) is 0.688. The third-order valence-electron chi connectivity index (χ3n) is 3.90. The van der Waals surface area contributed by atoms with E-state index in [2.05, 4.69) is 10.4 Å². The third kappa shape index (κ3) is 3.72. The van der Waals surface area contributed by atoms with Crippen molar-refractivity contribution in [2.45, 2.75) is 57.5 Å². The van der Waals surface area contributed by atoms with Crippen LogP contribution in [-0.4, -0.2) is 46.0 Å². The molecule has 0 aromatic carbocycles. The summed E-state index contributed by atoms with van der Waals surface area (Å²) in [5.74, 6) is -1.21. The van der Waals surface area contributed by atoms with Gasteiger partial charge in [-0.05, 0) is 46.6 Å². The summed E-state index contributed by atoms with van der Waals surface area (Å²) in [6.45, 7) is 7.38. The molecule has 2 N–H and O–H groups in total. The molecule has 23 heavy (non-hydrogen) atoms. The Hall–Kier alpha value is -1.89. The number of carboxylic acids is 1. The molecule has 1 saturated carbocycles. The zero-order valence-corrected chi connectivity index (χ0v) is 14.3. The van der Waals surface area contributed by atoms with Crippen LogP contribution in [0.15, 0.2) is 6.07 Å². The summed E-state index contributed by atoms with van der Waals surface area (Å²) in [5, 5.41) is 16.3. The van der Waals surface area contributed by atoms with Crippen molar-refractivity contribution in [3.63, 3.8) is 0 Å². The predicted molar refractivity (Wildman–Crippen MR) is 84.6 cm³/mol. The van der Waals surface area contributed by atoms with Crippen molar-refractivity contribution in [1.82, 2.24) is 15.1 Å². The van der Waals surface area contributed by atoms with E-state index in [-0.39, 0.29) is 17.8 Å². The number of rotatable bonds is 6. The Labute approximate surface area is 136 Å². The van der Waals surface area contributed by atoms with Gasteiger partial charge in [0.15, 0.2) is 11.2 Å². The molecular weight excluding hydrogens is 298 g/mol. The minimum atomic E-state index is -1.49. The average Bonchev–Trinajstić information content (AvgIpc) is 3.15. The molecule has 0 radical (unpaired) electrons. The first kappa shape index (κ1) is 17.5. The minimum absolute atomic E-state index is 0.121. The molecule has 1 fully saturated rings. The first-order chi connectivity index (χ1) is 10.6. The van der Waals surface area contributed by atoms with Crippen molar-refractivity contribution >= 4 is 11.9 Å². The van der Waals surface area contributed by atoms with Crippen LogP contribution in [0.3, 0.4) is 0 Å². The van der Waals surface area contributed by atoms with E-state index in [9.17, 15) is 14.7 Å². The topological polar surface area (TPSA) is 93.5 Å². The average molecular weight is 323 g/mol. The molecule has 1 amide bonds. The lowest BCUT2D eigenvalue weighted by molar-refractivity contribution is -0.145. The van der Waals surface area contributed by atoms with Gasteiger partial charge in [-0.15, -0.1) is 0 Å². The van der Waals surface area contributed by atoms with Gasteiger partial charge >= 0.3 is 5.97 Å². The van der Waals surface area contributed by atoms with Crippen LogP contribution in [0, 0.1) is 0 Å². The van der Waals surface area contributed by atoms with E-state index in [1.54, 1.807) is 6.07 Å². The SMILES string of the molecule is COC[C@](C)(NC(=O)c1cc(C2CC2)n(C(C)(C)C)n1)C(=O)O. The monoisotopic (exact) mass is 323 g/mol. The van der Waals surface area contributed by atoms with Crippen LogP contribution < -0.4 is 5.32 Å². The highest BCUT2D eigenvalue weighted by molar-refractivity contribution is 5.96. The molecule has 2 rings (SSSR count). The van der Waals surface area contributed by atoms with Crippen molar-refractivity contribution in [1.29, 1.82) is 0 Å². The second-order valence-electron chi connectivity index (χ2n) is 7.34. The van der Waals surface area contributed by atoms with Crippen LogP contribution in [0.25, 0.3) is 0 Å². The molecule has 0 aliphatic heterocycles. The molecule has 1 heterocycles. The number of carbonyl (C=O) groups excluding carboxylic acids is 1. The van der Waals surface area contributed by atoms with Crippen molar-refractivity contribution in [3.8, 4) is 0 Å². The van der Waals surface area contributed by atoms with Gasteiger partial charge in [0.2, 0.25) is 0 Å². The van der Waals surface area contributed by atoms with Crippen molar-refractivity contribution in [2.75, 3.05) is 13.7 Å². The second kappa shape index (κ2) is 5.96. The van der Waals surface area contributed by atoms with E-state index >= 15 is 0 Å². The number of hydrogen-bond donors (Lipinski definition) is 2. The summed E-state index contributed by atoms with van der Waals surface area (Å²) < 4.78 is 6.78. The number of carboxylic acid groups (broad SMARTS) is 1. The predicted octanol–water partition coefficient (Wildman–Crippen LogP) is 1.74. The number of aliphatic carboxylic acids is 1. The van der Waals surface area contributed by atoms with E-state index in [1.165, 1.54) is 14.0 Å². The number of methoxy groups -OCH3 is 1. The van der Waals surface area contributed by atoms with E-state index in [0.29, 0.717) is 5.92 Å². The van der Waals surface area contributed by atoms with Gasteiger partial charge in [0, 0.05) is 18.7 Å². The number of carbonyl (C=O) groups is 2. The highest BCUT2D eigenvalue weighted by Gasteiger charge is 2.37.